The van der Waals surface area contributed by atoms with Crippen molar-refractivity contribution in [2.75, 3.05) is 12.4 Å². The highest BCUT2D eigenvalue weighted by Gasteiger charge is 1.86. The first-order valence-electron chi connectivity index (χ1n) is 3.20. The van der Waals surface area contributed by atoms with E-state index >= 15 is 0 Å². The summed E-state index contributed by atoms with van der Waals surface area (Å²) in [6.45, 7) is 5.38. The normalized spacial score (nSPS) is 7.50. The Morgan fingerprint density at radius 3 is 2.17 bits per heavy atom. The fraction of sp³-hybridized carbons (Fsp3) is 0.429. The van der Waals surface area contributed by atoms with Gasteiger partial charge in [-0.15, -0.1) is 0 Å². The number of thiol groups is 1. The van der Waals surface area contributed by atoms with Crippen molar-refractivity contribution >= 4 is 24.6 Å². The number of esters is 1. The van der Waals surface area contributed by atoms with Gasteiger partial charge in [-0.2, -0.15) is 12.6 Å². The maximum Gasteiger partial charge on any atom is 0.330 e. The largest absolute Gasteiger partial charge is 0.481 e. The van der Waals surface area contributed by atoms with E-state index in [1.807, 2.05) is 0 Å². The number of ether oxygens (including phenoxy) is 1. The summed E-state index contributed by atoms with van der Waals surface area (Å²) in [6, 6.07) is 0. The Kier molecular flexibility index (Phi) is 11.4. The standard InChI is InChI=1S/C5H8O2.C2H4O2S/c1-3-5(6)7-4-2;3-2(4)1-5/h3H,1,4H2,2H3;5H,1H2,(H,3,4). The van der Waals surface area contributed by atoms with Crippen LogP contribution in [0.15, 0.2) is 12.7 Å². The zero-order valence-corrected chi connectivity index (χ0v) is 7.71. The summed E-state index contributed by atoms with van der Waals surface area (Å²) in [5, 5.41) is 7.65. The first-order valence-corrected chi connectivity index (χ1v) is 3.83. The van der Waals surface area contributed by atoms with Crippen molar-refractivity contribution in [3.8, 4) is 0 Å². The third kappa shape index (κ3) is 16.0. The molecule has 0 aliphatic heterocycles. The first-order chi connectivity index (χ1) is 5.58. The van der Waals surface area contributed by atoms with Crippen molar-refractivity contribution in [3.63, 3.8) is 0 Å². The lowest BCUT2D eigenvalue weighted by molar-refractivity contribution is -0.137. The predicted octanol–water partition coefficient (Wildman–Crippen LogP) is 0.736. The van der Waals surface area contributed by atoms with Gasteiger partial charge in [0.2, 0.25) is 0 Å². The Balaban J connectivity index is 0. The van der Waals surface area contributed by atoms with Gasteiger partial charge in [-0.1, -0.05) is 6.58 Å². The number of hydrogen-bond donors (Lipinski definition) is 2. The van der Waals surface area contributed by atoms with Crippen molar-refractivity contribution in [2.24, 2.45) is 0 Å². The highest BCUT2D eigenvalue weighted by Crippen LogP contribution is 1.74. The van der Waals surface area contributed by atoms with Gasteiger partial charge in [0.15, 0.2) is 0 Å². The van der Waals surface area contributed by atoms with E-state index in [0.717, 1.165) is 6.08 Å². The molecular weight excluding hydrogens is 180 g/mol. The second-order valence-electron chi connectivity index (χ2n) is 1.51. The molecule has 0 heterocycles. The van der Waals surface area contributed by atoms with Crippen molar-refractivity contribution in [2.45, 2.75) is 6.92 Å². The molecule has 0 aromatic heterocycles. The summed E-state index contributed by atoms with van der Waals surface area (Å²) >= 11 is 3.42. The molecule has 0 rings (SSSR count). The number of hydrogen-bond acceptors (Lipinski definition) is 4. The third-order valence-electron chi connectivity index (χ3n) is 0.589. The van der Waals surface area contributed by atoms with Crippen molar-refractivity contribution in [3.05, 3.63) is 12.7 Å². The number of carbonyl (C=O) groups is 2. The molecule has 1 N–H and O–H groups in total. The van der Waals surface area contributed by atoms with Crippen LogP contribution in [-0.2, 0) is 14.3 Å². The van der Waals surface area contributed by atoms with E-state index in [9.17, 15) is 9.59 Å². The third-order valence-corrected chi connectivity index (χ3v) is 0.859. The molecule has 0 aromatic rings. The maximum absolute atomic E-state index is 10.1. The van der Waals surface area contributed by atoms with Crippen LogP contribution < -0.4 is 0 Å². The Labute approximate surface area is 76.6 Å². The Morgan fingerprint density at radius 2 is 2.08 bits per heavy atom. The number of aliphatic carboxylic acids is 1. The fourth-order valence-corrected chi connectivity index (χ4v) is 0.201. The minimum absolute atomic E-state index is 0.0833. The van der Waals surface area contributed by atoms with Crippen LogP contribution >= 0.6 is 12.6 Å². The molecule has 0 radical (unpaired) electrons. The summed E-state index contributed by atoms with van der Waals surface area (Å²) < 4.78 is 4.43. The lowest BCUT2D eigenvalue weighted by atomic mass is 10.6. The van der Waals surface area contributed by atoms with Crippen LogP contribution in [0.25, 0.3) is 0 Å². The van der Waals surface area contributed by atoms with E-state index in [1.165, 1.54) is 0 Å². The number of carbonyl (C=O) groups excluding carboxylic acids is 1. The fourth-order valence-electron chi connectivity index (χ4n) is 0.201. The minimum Gasteiger partial charge on any atom is -0.481 e. The SMILES string of the molecule is C=CC(=O)OCC.O=C(O)CS. The number of carboxylic acid groups (broad SMARTS) is 1. The summed E-state index contributed by atoms with van der Waals surface area (Å²) in [5.74, 6) is -1.32. The summed E-state index contributed by atoms with van der Waals surface area (Å²) in [5.41, 5.74) is 0. The summed E-state index contributed by atoms with van der Waals surface area (Å²) in [6.07, 6.45) is 1.14. The van der Waals surface area contributed by atoms with Gasteiger partial charge in [0.1, 0.15) is 0 Å². The molecule has 12 heavy (non-hydrogen) atoms. The second kappa shape index (κ2) is 10.0. The van der Waals surface area contributed by atoms with Crippen LogP contribution in [0.1, 0.15) is 6.92 Å². The van der Waals surface area contributed by atoms with Gasteiger partial charge in [-0.25, -0.2) is 4.79 Å². The van der Waals surface area contributed by atoms with Crippen LogP contribution in [0, 0.1) is 0 Å². The Morgan fingerprint density at radius 1 is 1.67 bits per heavy atom. The van der Waals surface area contributed by atoms with Gasteiger partial charge < -0.3 is 9.84 Å². The van der Waals surface area contributed by atoms with Crippen molar-refractivity contribution in [1.29, 1.82) is 0 Å². The molecule has 0 spiro atoms. The lowest BCUT2D eigenvalue weighted by Gasteiger charge is -1.90. The molecule has 0 aliphatic carbocycles. The van der Waals surface area contributed by atoms with E-state index in [0.29, 0.717) is 6.61 Å². The quantitative estimate of drug-likeness (QED) is 0.393. The Hall–Kier alpha value is -0.970. The molecule has 0 saturated heterocycles. The molecule has 5 heteroatoms. The van der Waals surface area contributed by atoms with Gasteiger partial charge in [0.05, 0.1) is 12.4 Å². The molecule has 0 fully saturated rings. The Bertz CT molecular complexity index is 155. The highest BCUT2D eigenvalue weighted by atomic mass is 32.1. The first kappa shape index (κ1) is 13.6. The predicted molar refractivity (Wildman–Crippen MR) is 48.3 cm³/mol. The van der Waals surface area contributed by atoms with E-state index < -0.39 is 5.97 Å². The topological polar surface area (TPSA) is 63.6 Å². The van der Waals surface area contributed by atoms with Crippen molar-refractivity contribution in [1.82, 2.24) is 0 Å². The maximum atomic E-state index is 10.1. The molecule has 0 bridgehead atoms. The summed E-state index contributed by atoms with van der Waals surface area (Å²) in [4.78, 5) is 19.4. The molecule has 0 aromatic carbocycles. The monoisotopic (exact) mass is 192 g/mol. The average Bonchev–Trinajstić information content (AvgIpc) is 2.06. The molecule has 0 unspecified atom stereocenters. The van der Waals surface area contributed by atoms with E-state index in [1.54, 1.807) is 6.92 Å². The number of rotatable bonds is 3. The smallest absolute Gasteiger partial charge is 0.330 e. The second-order valence-corrected chi connectivity index (χ2v) is 1.82. The van der Waals surface area contributed by atoms with Gasteiger partial charge in [-0.05, 0) is 6.92 Å². The van der Waals surface area contributed by atoms with Crippen LogP contribution in [0.4, 0.5) is 0 Å². The van der Waals surface area contributed by atoms with Crippen LogP contribution in [0.3, 0.4) is 0 Å². The molecule has 4 nitrogen and oxygen atoms in total. The zero-order valence-electron chi connectivity index (χ0n) is 6.82. The minimum atomic E-state index is -0.881. The van der Waals surface area contributed by atoms with Gasteiger partial charge in [0.25, 0.3) is 0 Å². The lowest BCUT2D eigenvalue weighted by Crippen LogP contribution is -1.97. The molecule has 0 aliphatic rings. The molecule has 0 amide bonds. The summed E-state index contributed by atoms with van der Waals surface area (Å²) in [7, 11) is 0. The highest BCUT2D eigenvalue weighted by molar-refractivity contribution is 7.81. The average molecular weight is 192 g/mol. The van der Waals surface area contributed by atoms with Crippen molar-refractivity contribution < 1.29 is 19.4 Å². The van der Waals surface area contributed by atoms with E-state index in [2.05, 4.69) is 23.9 Å². The van der Waals surface area contributed by atoms with E-state index in [-0.39, 0.29) is 11.7 Å². The van der Waals surface area contributed by atoms with Gasteiger partial charge >= 0.3 is 11.9 Å². The van der Waals surface area contributed by atoms with Gasteiger partial charge in [-0.3, -0.25) is 4.79 Å². The molecular formula is C7H12O4S. The van der Waals surface area contributed by atoms with E-state index in [4.69, 9.17) is 5.11 Å². The van der Waals surface area contributed by atoms with Crippen LogP contribution in [0.2, 0.25) is 0 Å². The van der Waals surface area contributed by atoms with Gasteiger partial charge in [0, 0.05) is 6.08 Å². The van der Waals surface area contributed by atoms with Crippen LogP contribution in [0.5, 0.6) is 0 Å². The molecule has 0 saturated carbocycles. The number of carboxylic acids is 1. The van der Waals surface area contributed by atoms with Crippen LogP contribution in [-0.4, -0.2) is 29.4 Å². The molecule has 70 valence electrons. The molecule has 0 atom stereocenters. The zero-order chi connectivity index (χ0) is 9.98.